The lowest BCUT2D eigenvalue weighted by Crippen LogP contribution is -2.53. The van der Waals surface area contributed by atoms with Gasteiger partial charge in [0.05, 0.1) is 18.1 Å². The Morgan fingerprint density at radius 1 is 1.69 bits per heavy atom. The molecule has 76 valence electrons. The molecule has 13 heavy (non-hydrogen) atoms. The number of rotatable bonds is 4. The zero-order chi connectivity index (χ0) is 10.1. The SMILES string of the molecule is CC(C)OCC1(C(=O)O)CC(N)C1. The summed E-state index contributed by atoms with van der Waals surface area (Å²) in [6.07, 6.45) is 1.15. The van der Waals surface area contributed by atoms with E-state index in [1.807, 2.05) is 13.8 Å². The average molecular weight is 187 g/mol. The maximum atomic E-state index is 10.9. The van der Waals surface area contributed by atoms with Gasteiger partial charge in [-0.25, -0.2) is 0 Å². The normalized spacial score (nSPS) is 33.1. The Labute approximate surface area is 78.1 Å². The van der Waals surface area contributed by atoms with Gasteiger partial charge < -0.3 is 15.6 Å². The second kappa shape index (κ2) is 3.64. The molecule has 0 atom stereocenters. The van der Waals surface area contributed by atoms with Crippen LogP contribution in [-0.2, 0) is 9.53 Å². The van der Waals surface area contributed by atoms with Crippen molar-refractivity contribution in [1.29, 1.82) is 0 Å². The Morgan fingerprint density at radius 3 is 2.54 bits per heavy atom. The summed E-state index contributed by atoms with van der Waals surface area (Å²) in [5.41, 5.74) is 4.87. The van der Waals surface area contributed by atoms with E-state index < -0.39 is 11.4 Å². The maximum absolute atomic E-state index is 10.9. The molecule has 0 radical (unpaired) electrons. The molecule has 1 aliphatic carbocycles. The molecule has 4 nitrogen and oxygen atoms in total. The van der Waals surface area contributed by atoms with Crippen LogP contribution in [0.3, 0.4) is 0 Å². The number of hydrogen-bond donors (Lipinski definition) is 2. The molecule has 0 heterocycles. The monoisotopic (exact) mass is 187 g/mol. The fourth-order valence-corrected chi connectivity index (χ4v) is 1.62. The van der Waals surface area contributed by atoms with Crippen molar-refractivity contribution in [1.82, 2.24) is 0 Å². The summed E-state index contributed by atoms with van der Waals surface area (Å²) in [7, 11) is 0. The highest BCUT2D eigenvalue weighted by Gasteiger charge is 2.49. The molecule has 3 N–H and O–H groups in total. The molecule has 1 rings (SSSR count). The average Bonchev–Trinajstić information content (AvgIpc) is 1.94. The van der Waals surface area contributed by atoms with E-state index in [9.17, 15) is 4.79 Å². The zero-order valence-electron chi connectivity index (χ0n) is 8.12. The molecule has 1 saturated carbocycles. The minimum Gasteiger partial charge on any atom is -0.481 e. The fourth-order valence-electron chi connectivity index (χ4n) is 1.62. The van der Waals surface area contributed by atoms with Crippen LogP contribution in [0.2, 0.25) is 0 Å². The Balaban J connectivity index is 2.46. The lowest BCUT2D eigenvalue weighted by Gasteiger charge is -2.42. The molecule has 0 spiro atoms. The minimum atomic E-state index is -0.783. The first-order valence-corrected chi connectivity index (χ1v) is 4.57. The second-order valence-corrected chi connectivity index (χ2v) is 4.11. The van der Waals surface area contributed by atoms with Crippen molar-refractivity contribution in [3.05, 3.63) is 0 Å². The van der Waals surface area contributed by atoms with Gasteiger partial charge in [-0.15, -0.1) is 0 Å². The quantitative estimate of drug-likeness (QED) is 0.676. The summed E-state index contributed by atoms with van der Waals surface area (Å²) in [5.74, 6) is -0.783. The summed E-state index contributed by atoms with van der Waals surface area (Å²) < 4.78 is 5.32. The van der Waals surface area contributed by atoms with Crippen molar-refractivity contribution in [3.8, 4) is 0 Å². The van der Waals surface area contributed by atoms with Gasteiger partial charge >= 0.3 is 5.97 Å². The summed E-state index contributed by atoms with van der Waals surface area (Å²) in [6, 6.07) is 0.0341. The fraction of sp³-hybridized carbons (Fsp3) is 0.889. The van der Waals surface area contributed by atoms with Crippen molar-refractivity contribution >= 4 is 5.97 Å². The largest absolute Gasteiger partial charge is 0.481 e. The van der Waals surface area contributed by atoms with Gasteiger partial charge in [-0.1, -0.05) is 0 Å². The Kier molecular flexibility index (Phi) is 2.93. The molecule has 1 fully saturated rings. The maximum Gasteiger partial charge on any atom is 0.312 e. The highest BCUT2D eigenvalue weighted by Crippen LogP contribution is 2.40. The third-order valence-corrected chi connectivity index (χ3v) is 2.45. The smallest absolute Gasteiger partial charge is 0.312 e. The van der Waals surface area contributed by atoms with Crippen LogP contribution in [0.1, 0.15) is 26.7 Å². The lowest BCUT2D eigenvalue weighted by atomic mass is 9.66. The van der Waals surface area contributed by atoms with E-state index in [0.717, 1.165) is 0 Å². The van der Waals surface area contributed by atoms with Crippen molar-refractivity contribution in [3.63, 3.8) is 0 Å². The third-order valence-electron chi connectivity index (χ3n) is 2.45. The van der Waals surface area contributed by atoms with E-state index in [2.05, 4.69) is 0 Å². The summed E-state index contributed by atoms with van der Waals surface area (Å²) in [4.78, 5) is 10.9. The van der Waals surface area contributed by atoms with E-state index in [1.165, 1.54) is 0 Å². The first-order chi connectivity index (χ1) is 5.96. The summed E-state index contributed by atoms with van der Waals surface area (Å²) in [5, 5.41) is 8.98. The molecule has 0 aromatic rings. The molecular weight excluding hydrogens is 170 g/mol. The van der Waals surface area contributed by atoms with Gasteiger partial charge in [0.15, 0.2) is 0 Å². The molecule has 4 heteroatoms. The van der Waals surface area contributed by atoms with Crippen LogP contribution in [0.5, 0.6) is 0 Å². The van der Waals surface area contributed by atoms with Gasteiger partial charge in [-0.3, -0.25) is 4.79 Å². The van der Waals surface area contributed by atoms with E-state index in [-0.39, 0.29) is 18.8 Å². The molecule has 0 amide bonds. The molecule has 0 aliphatic heterocycles. The number of carboxylic acids is 1. The van der Waals surface area contributed by atoms with Crippen molar-refractivity contribution in [2.75, 3.05) is 6.61 Å². The standard InChI is InChI=1S/C9H17NO3/c1-6(2)13-5-9(8(11)12)3-7(10)4-9/h6-7H,3-5,10H2,1-2H3,(H,11,12). The molecule has 1 aliphatic rings. The zero-order valence-corrected chi connectivity index (χ0v) is 8.12. The number of aliphatic carboxylic acids is 1. The van der Waals surface area contributed by atoms with Crippen LogP contribution in [0.15, 0.2) is 0 Å². The molecular formula is C9H17NO3. The van der Waals surface area contributed by atoms with E-state index in [0.29, 0.717) is 12.8 Å². The van der Waals surface area contributed by atoms with Gasteiger partial charge in [0.1, 0.15) is 0 Å². The number of ether oxygens (including phenoxy) is 1. The van der Waals surface area contributed by atoms with Crippen LogP contribution < -0.4 is 5.73 Å². The van der Waals surface area contributed by atoms with Crippen LogP contribution in [0, 0.1) is 5.41 Å². The number of carbonyl (C=O) groups is 1. The molecule has 0 aromatic heterocycles. The highest BCUT2D eigenvalue weighted by molar-refractivity contribution is 5.76. The van der Waals surface area contributed by atoms with Crippen molar-refractivity contribution in [2.45, 2.75) is 38.8 Å². The lowest BCUT2D eigenvalue weighted by molar-refractivity contribution is -0.163. The van der Waals surface area contributed by atoms with Crippen molar-refractivity contribution < 1.29 is 14.6 Å². The third kappa shape index (κ3) is 2.19. The Bertz CT molecular complexity index is 197. The van der Waals surface area contributed by atoms with E-state index in [1.54, 1.807) is 0 Å². The molecule has 0 saturated heterocycles. The van der Waals surface area contributed by atoms with E-state index in [4.69, 9.17) is 15.6 Å². The number of hydrogen-bond acceptors (Lipinski definition) is 3. The minimum absolute atomic E-state index is 0.0341. The number of nitrogens with two attached hydrogens (primary N) is 1. The first-order valence-electron chi connectivity index (χ1n) is 4.57. The van der Waals surface area contributed by atoms with Gasteiger partial charge in [0.2, 0.25) is 0 Å². The first kappa shape index (κ1) is 10.5. The van der Waals surface area contributed by atoms with Gasteiger partial charge in [-0.2, -0.15) is 0 Å². The van der Waals surface area contributed by atoms with E-state index >= 15 is 0 Å². The van der Waals surface area contributed by atoms with Gasteiger partial charge in [-0.05, 0) is 26.7 Å². The summed E-state index contributed by atoms with van der Waals surface area (Å²) in [6.45, 7) is 4.08. The highest BCUT2D eigenvalue weighted by atomic mass is 16.5. The summed E-state index contributed by atoms with van der Waals surface area (Å²) >= 11 is 0. The Morgan fingerprint density at radius 2 is 2.23 bits per heavy atom. The van der Waals surface area contributed by atoms with Crippen molar-refractivity contribution in [2.24, 2.45) is 11.1 Å². The second-order valence-electron chi connectivity index (χ2n) is 4.11. The Hall–Kier alpha value is -0.610. The van der Waals surface area contributed by atoms with Gasteiger partial charge in [0.25, 0.3) is 0 Å². The van der Waals surface area contributed by atoms with Gasteiger partial charge in [0, 0.05) is 6.04 Å². The predicted molar refractivity (Wildman–Crippen MR) is 48.4 cm³/mol. The van der Waals surface area contributed by atoms with Crippen LogP contribution in [-0.4, -0.2) is 29.8 Å². The molecule has 0 bridgehead atoms. The number of carboxylic acid groups (broad SMARTS) is 1. The van der Waals surface area contributed by atoms with Crippen LogP contribution >= 0.6 is 0 Å². The topological polar surface area (TPSA) is 72.5 Å². The molecule has 0 unspecified atom stereocenters. The van der Waals surface area contributed by atoms with Crippen LogP contribution in [0.4, 0.5) is 0 Å². The molecule has 0 aromatic carbocycles. The van der Waals surface area contributed by atoms with Crippen LogP contribution in [0.25, 0.3) is 0 Å². The predicted octanol–water partition coefficient (Wildman–Crippen LogP) is 0.603.